The highest BCUT2D eigenvalue weighted by Crippen LogP contribution is 2.19. The second-order valence-electron chi connectivity index (χ2n) is 5.67. The summed E-state index contributed by atoms with van der Waals surface area (Å²) in [6.07, 6.45) is 11.4. The average Bonchev–Trinajstić information content (AvgIpc) is 3.33. The molecule has 0 saturated carbocycles. The summed E-state index contributed by atoms with van der Waals surface area (Å²) in [5.41, 5.74) is 1.54. The molecule has 3 aromatic rings. The van der Waals surface area contributed by atoms with E-state index in [9.17, 15) is 4.79 Å². The summed E-state index contributed by atoms with van der Waals surface area (Å²) in [7, 11) is 0. The number of aromatic nitrogens is 6. The van der Waals surface area contributed by atoms with Crippen LogP contribution >= 0.6 is 11.3 Å². The lowest BCUT2D eigenvalue weighted by Gasteiger charge is -2.22. The third-order valence-electron chi connectivity index (χ3n) is 3.82. The van der Waals surface area contributed by atoms with Crippen LogP contribution in [0.15, 0.2) is 31.0 Å². The first-order valence-electron chi connectivity index (χ1n) is 8.28. The SMILES string of the molecule is Cc1nnc(-c2cnccn2)s1.O=CNc1cnn(C2CCNCC2)c1. The van der Waals surface area contributed by atoms with Crippen LogP contribution in [-0.2, 0) is 4.79 Å². The van der Waals surface area contributed by atoms with Crippen LogP contribution < -0.4 is 10.6 Å². The topological polar surface area (TPSA) is 111 Å². The van der Waals surface area contributed by atoms with Gasteiger partial charge in [-0.1, -0.05) is 11.3 Å². The summed E-state index contributed by atoms with van der Waals surface area (Å²) < 4.78 is 1.94. The van der Waals surface area contributed by atoms with Gasteiger partial charge in [-0.25, -0.2) is 0 Å². The average molecular weight is 372 g/mol. The molecule has 10 heteroatoms. The fourth-order valence-corrected chi connectivity index (χ4v) is 3.21. The molecule has 3 aromatic heterocycles. The molecule has 26 heavy (non-hydrogen) atoms. The Morgan fingerprint density at radius 3 is 2.77 bits per heavy atom. The van der Waals surface area contributed by atoms with Crippen molar-refractivity contribution < 1.29 is 4.79 Å². The number of anilines is 1. The minimum Gasteiger partial charge on any atom is -0.326 e. The van der Waals surface area contributed by atoms with Crippen molar-refractivity contribution >= 4 is 23.4 Å². The number of carbonyl (C=O) groups is 1. The maximum atomic E-state index is 10.2. The molecule has 0 aromatic carbocycles. The van der Waals surface area contributed by atoms with E-state index in [1.54, 1.807) is 24.8 Å². The van der Waals surface area contributed by atoms with E-state index in [4.69, 9.17) is 0 Å². The van der Waals surface area contributed by atoms with Crippen molar-refractivity contribution in [2.75, 3.05) is 18.4 Å². The number of nitrogens with one attached hydrogen (secondary N) is 2. The van der Waals surface area contributed by atoms with Gasteiger partial charge in [0.1, 0.15) is 10.7 Å². The molecule has 2 N–H and O–H groups in total. The molecule has 1 amide bonds. The lowest BCUT2D eigenvalue weighted by atomic mass is 10.1. The molecule has 4 heterocycles. The van der Waals surface area contributed by atoms with Crippen LogP contribution in [0.1, 0.15) is 23.9 Å². The van der Waals surface area contributed by atoms with E-state index in [0.29, 0.717) is 12.5 Å². The van der Waals surface area contributed by atoms with Crippen LogP contribution in [0, 0.1) is 6.92 Å². The van der Waals surface area contributed by atoms with Crippen molar-refractivity contribution in [1.82, 2.24) is 35.3 Å². The Kier molecular flexibility index (Phi) is 6.34. The van der Waals surface area contributed by atoms with Crippen molar-refractivity contribution in [2.45, 2.75) is 25.8 Å². The summed E-state index contributed by atoms with van der Waals surface area (Å²) >= 11 is 1.52. The minimum atomic E-state index is 0.471. The Labute approximate surface area is 154 Å². The van der Waals surface area contributed by atoms with E-state index in [0.717, 1.165) is 47.3 Å². The van der Waals surface area contributed by atoms with E-state index in [2.05, 4.69) is 35.9 Å². The molecule has 1 fully saturated rings. The van der Waals surface area contributed by atoms with Crippen LogP contribution in [0.5, 0.6) is 0 Å². The van der Waals surface area contributed by atoms with Crippen LogP contribution in [0.25, 0.3) is 10.7 Å². The smallest absolute Gasteiger partial charge is 0.211 e. The third-order valence-corrected chi connectivity index (χ3v) is 4.68. The van der Waals surface area contributed by atoms with Gasteiger partial charge in [-0.15, -0.1) is 10.2 Å². The molecule has 136 valence electrons. The number of nitrogens with zero attached hydrogens (tertiary/aromatic N) is 6. The quantitative estimate of drug-likeness (QED) is 0.670. The Balaban J connectivity index is 0.000000152. The summed E-state index contributed by atoms with van der Waals surface area (Å²) in [5.74, 6) is 0. The summed E-state index contributed by atoms with van der Waals surface area (Å²) in [6.45, 7) is 4.00. The monoisotopic (exact) mass is 372 g/mol. The highest BCUT2D eigenvalue weighted by molar-refractivity contribution is 7.14. The number of piperidine rings is 1. The summed E-state index contributed by atoms with van der Waals surface area (Å²) in [4.78, 5) is 18.3. The molecule has 0 aliphatic carbocycles. The van der Waals surface area contributed by atoms with Crippen molar-refractivity contribution in [2.24, 2.45) is 0 Å². The number of amides is 1. The van der Waals surface area contributed by atoms with E-state index < -0.39 is 0 Å². The van der Waals surface area contributed by atoms with Gasteiger partial charge in [0, 0.05) is 18.6 Å². The minimum absolute atomic E-state index is 0.471. The molecule has 0 spiro atoms. The zero-order chi connectivity index (χ0) is 18.2. The van der Waals surface area contributed by atoms with Gasteiger partial charge >= 0.3 is 0 Å². The highest BCUT2D eigenvalue weighted by Gasteiger charge is 2.15. The maximum absolute atomic E-state index is 10.2. The first-order valence-corrected chi connectivity index (χ1v) is 9.09. The molecule has 4 rings (SSSR count). The van der Waals surface area contributed by atoms with Crippen molar-refractivity contribution in [3.63, 3.8) is 0 Å². The lowest BCUT2D eigenvalue weighted by molar-refractivity contribution is -0.105. The fourth-order valence-electron chi connectivity index (χ4n) is 2.56. The summed E-state index contributed by atoms with van der Waals surface area (Å²) in [6, 6.07) is 0.471. The number of rotatable bonds is 4. The van der Waals surface area contributed by atoms with Gasteiger partial charge in [-0.2, -0.15) is 5.10 Å². The first-order chi connectivity index (χ1) is 12.8. The Morgan fingerprint density at radius 2 is 2.12 bits per heavy atom. The number of aryl methyl sites for hydroxylation is 1. The predicted octanol–water partition coefficient (Wildman–Crippen LogP) is 1.68. The molecule has 0 unspecified atom stereocenters. The molecule has 1 saturated heterocycles. The molecule has 1 aliphatic heterocycles. The van der Waals surface area contributed by atoms with E-state index in [-0.39, 0.29) is 0 Å². The molecule has 0 atom stereocenters. The normalized spacial score (nSPS) is 14.3. The van der Waals surface area contributed by atoms with Crippen molar-refractivity contribution in [3.8, 4) is 10.7 Å². The lowest BCUT2D eigenvalue weighted by Crippen LogP contribution is -2.29. The van der Waals surface area contributed by atoms with E-state index in [1.807, 2.05) is 17.8 Å². The third kappa shape index (κ3) is 4.90. The highest BCUT2D eigenvalue weighted by atomic mass is 32.1. The molecule has 9 nitrogen and oxygen atoms in total. The van der Waals surface area contributed by atoms with Crippen LogP contribution in [0.3, 0.4) is 0 Å². The van der Waals surface area contributed by atoms with E-state index >= 15 is 0 Å². The molecular formula is C16H20N8OS. The molecule has 0 radical (unpaired) electrons. The second kappa shape index (κ2) is 9.11. The maximum Gasteiger partial charge on any atom is 0.211 e. The van der Waals surface area contributed by atoms with Gasteiger partial charge in [-0.3, -0.25) is 19.4 Å². The number of hydrogen-bond acceptors (Lipinski definition) is 8. The largest absolute Gasteiger partial charge is 0.326 e. The van der Waals surface area contributed by atoms with Gasteiger partial charge < -0.3 is 10.6 Å². The second-order valence-corrected chi connectivity index (χ2v) is 6.85. The van der Waals surface area contributed by atoms with Crippen LogP contribution in [0.2, 0.25) is 0 Å². The fraction of sp³-hybridized carbons (Fsp3) is 0.375. The van der Waals surface area contributed by atoms with Gasteiger partial charge in [0.05, 0.1) is 24.1 Å². The standard InChI is InChI=1S/C9H14N4O.C7H6N4S/c14-7-11-8-5-12-13(6-8)9-1-3-10-4-2-9;1-5-10-11-7(12-5)6-4-8-2-3-9-6/h5-7,9-10H,1-4H2,(H,11,14);2-4H,1H3. The van der Waals surface area contributed by atoms with Gasteiger partial charge in [0.15, 0.2) is 5.01 Å². The van der Waals surface area contributed by atoms with Crippen LogP contribution in [0.4, 0.5) is 5.69 Å². The Hall–Kier alpha value is -2.72. The zero-order valence-electron chi connectivity index (χ0n) is 14.4. The first kappa shape index (κ1) is 18.1. The predicted molar refractivity (Wildman–Crippen MR) is 98.7 cm³/mol. The van der Waals surface area contributed by atoms with Gasteiger partial charge in [-0.05, 0) is 32.9 Å². The Bertz CT molecular complexity index is 813. The van der Waals surface area contributed by atoms with Crippen molar-refractivity contribution in [1.29, 1.82) is 0 Å². The summed E-state index contributed by atoms with van der Waals surface area (Å²) in [5, 5.41) is 19.7. The number of hydrogen-bond donors (Lipinski definition) is 2. The van der Waals surface area contributed by atoms with Gasteiger partial charge in [0.2, 0.25) is 6.41 Å². The zero-order valence-corrected chi connectivity index (χ0v) is 15.2. The van der Waals surface area contributed by atoms with Crippen molar-refractivity contribution in [3.05, 3.63) is 36.0 Å². The molecule has 1 aliphatic rings. The van der Waals surface area contributed by atoms with E-state index in [1.165, 1.54) is 11.3 Å². The Morgan fingerprint density at radius 1 is 1.27 bits per heavy atom. The molecule has 0 bridgehead atoms. The number of carbonyl (C=O) groups excluding carboxylic acids is 1. The van der Waals surface area contributed by atoms with Gasteiger partial charge in [0.25, 0.3) is 0 Å². The molecular weight excluding hydrogens is 352 g/mol. The van der Waals surface area contributed by atoms with Crippen LogP contribution in [-0.4, -0.2) is 49.4 Å².